The highest BCUT2D eigenvalue weighted by Gasteiger charge is 2.22. The second-order valence-corrected chi connectivity index (χ2v) is 7.37. The average Bonchev–Trinajstić information content (AvgIpc) is 2.89. The van der Waals surface area contributed by atoms with E-state index in [-0.39, 0.29) is 10.8 Å². The first-order valence-corrected chi connectivity index (χ1v) is 8.55. The van der Waals surface area contributed by atoms with E-state index in [2.05, 4.69) is 4.72 Å². The standard InChI is InChI=1S/C11H13FN2O4S2/c12-10-5-9(1-2-11(10)14(15)16)20(17,18)13-6-8-3-4-19-7-8/h1-2,5,8,13H,3-4,6-7H2. The molecule has 9 heteroatoms. The molecule has 1 aliphatic heterocycles. The highest BCUT2D eigenvalue weighted by atomic mass is 32.2. The van der Waals surface area contributed by atoms with Crippen molar-refractivity contribution < 1.29 is 17.7 Å². The number of hydrogen-bond acceptors (Lipinski definition) is 5. The van der Waals surface area contributed by atoms with E-state index in [1.165, 1.54) is 0 Å². The molecule has 0 spiro atoms. The molecule has 0 aromatic heterocycles. The summed E-state index contributed by atoms with van der Waals surface area (Å²) < 4.78 is 39.8. The molecule has 1 saturated heterocycles. The maximum absolute atomic E-state index is 13.4. The van der Waals surface area contributed by atoms with Gasteiger partial charge in [-0.3, -0.25) is 10.1 Å². The third-order valence-corrected chi connectivity index (χ3v) is 5.66. The number of nitro benzene ring substituents is 1. The minimum absolute atomic E-state index is 0.276. The average molecular weight is 320 g/mol. The van der Waals surface area contributed by atoms with E-state index in [9.17, 15) is 22.9 Å². The molecule has 1 aromatic carbocycles. The molecule has 1 heterocycles. The van der Waals surface area contributed by atoms with Crippen molar-refractivity contribution in [1.29, 1.82) is 0 Å². The van der Waals surface area contributed by atoms with Crippen molar-refractivity contribution in [3.8, 4) is 0 Å². The lowest BCUT2D eigenvalue weighted by Gasteiger charge is -2.10. The fourth-order valence-electron chi connectivity index (χ4n) is 1.86. The number of hydrogen-bond donors (Lipinski definition) is 1. The molecule has 0 amide bonds. The van der Waals surface area contributed by atoms with Crippen LogP contribution in [0.25, 0.3) is 0 Å². The van der Waals surface area contributed by atoms with Crippen molar-refractivity contribution >= 4 is 27.5 Å². The van der Waals surface area contributed by atoms with Gasteiger partial charge in [-0.2, -0.15) is 16.2 Å². The Hall–Kier alpha value is -1.19. The van der Waals surface area contributed by atoms with Crippen LogP contribution in [0.4, 0.5) is 10.1 Å². The van der Waals surface area contributed by atoms with E-state index >= 15 is 0 Å². The fourth-order valence-corrected chi connectivity index (χ4v) is 4.27. The molecular formula is C11H13FN2O4S2. The maximum Gasteiger partial charge on any atom is 0.304 e. The second kappa shape index (κ2) is 6.06. The van der Waals surface area contributed by atoms with Gasteiger partial charge in [0.05, 0.1) is 9.82 Å². The van der Waals surface area contributed by atoms with Crippen LogP contribution in [0.15, 0.2) is 23.1 Å². The van der Waals surface area contributed by atoms with Crippen molar-refractivity contribution in [2.75, 3.05) is 18.1 Å². The van der Waals surface area contributed by atoms with E-state index in [4.69, 9.17) is 0 Å². The summed E-state index contributed by atoms with van der Waals surface area (Å²) in [6.45, 7) is 0.300. The molecule has 6 nitrogen and oxygen atoms in total. The lowest BCUT2D eigenvalue weighted by molar-refractivity contribution is -0.387. The molecule has 1 fully saturated rings. The molecular weight excluding hydrogens is 307 g/mol. The maximum atomic E-state index is 13.4. The Kier molecular flexibility index (Phi) is 4.61. The number of halogens is 1. The minimum atomic E-state index is -3.83. The Balaban J connectivity index is 2.12. The molecule has 0 saturated carbocycles. The zero-order valence-corrected chi connectivity index (χ0v) is 12.0. The van der Waals surface area contributed by atoms with Crippen LogP contribution < -0.4 is 4.72 Å². The van der Waals surface area contributed by atoms with Gasteiger partial charge in [0.2, 0.25) is 15.8 Å². The van der Waals surface area contributed by atoms with Crippen LogP contribution in [0.1, 0.15) is 6.42 Å². The largest absolute Gasteiger partial charge is 0.304 e. The molecule has 0 radical (unpaired) electrons. The number of benzene rings is 1. The van der Waals surface area contributed by atoms with Crippen LogP contribution in [0.3, 0.4) is 0 Å². The van der Waals surface area contributed by atoms with Gasteiger partial charge in [0, 0.05) is 18.7 Å². The van der Waals surface area contributed by atoms with E-state index in [0.717, 1.165) is 30.1 Å². The van der Waals surface area contributed by atoms with Crippen LogP contribution in [0.2, 0.25) is 0 Å². The quantitative estimate of drug-likeness (QED) is 0.659. The fraction of sp³-hybridized carbons (Fsp3) is 0.455. The highest BCUT2D eigenvalue weighted by molar-refractivity contribution is 7.99. The van der Waals surface area contributed by atoms with Gasteiger partial charge in [0.25, 0.3) is 0 Å². The SMILES string of the molecule is O=[N+]([O-])c1ccc(S(=O)(=O)NCC2CCSC2)cc1F. The Morgan fingerprint density at radius 3 is 2.80 bits per heavy atom. The van der Waals surface area contributed by atoms with E-state index in [1.807, 2.05) is 0 Å². The van der Waals surface area contributed by atoms with Crippen molar-refractivity contribution in [3.05, 3.63) is 34.1 Å². The van der Waals surface area contributed by atoms with Crippen molar-refractivity contribution in [2.45, 2.75) is 11.3 Å². The normalized spacial score (nSPS) is 19.1. The third kappa shape index (κ3) is 3.47. The zero-order chi connectivity index (χ0) is 14.8. The summed E-state index contributed by atoms with van der Waals surface area (Å²) >= 11 is 1.77. The van der Waals surface area contributed by atoms with Gasteiger partial charge in [-0.1, -0.05) is 0 Å². The molecule has 2 rings (SSSR count). The molecule has 1 atom stereocenters. The summed E-state index contributed by atoms with van der Waals surface area (Å²) in [6.07, 6.45) is 0.946. The second-order valence-electron chi connectivity index (χ2n) is 4.45. The number of rotatable bonds is 5. The lowest BCUT2D eigenvalue weighted by atomic mass is 10.1. The van der Waals surface area contributed by atoms with E-state index in [1.54, 1.807) is 11.8 Å². The molecule has 20 heavy (non-hydrogen) atoms. The smallest absolute Gasteiger partial charge is 0.258 e. The number of thioether (sulfide) groups is 1. The summed E-state index contributed by atoms with van der Waals surface area (Å²) in [5.41, 5.74) is -0.740. The first kappa shape index (κ1) is 15.2. The van der Waals surface area contributed by atoms with Gasteiger partial charge >= 0.3 is 5.69 Å². The van der Waals surface area contributed by atoms with Crippen molar-refractivity contribution in [3.63, 3.8) is 0 Å². The third-order valence-electron chi connectivity index (χ3n) is 3.01. The molecule has 110 valence electrons. The Morgan fingerprint density at radius 2 is 2.25 bits per heavy atom. The summed E-state index contributed by atoms with van der Waals surface area (Å²) in [6, 6.07) is 2.56. The number of nitro groups is 1. The van der Waals surface area contributed by atoms with Crippen LogP contribution in [-0.2, 0) is 10.0 Å². The Bertz CT molecular complexity index is 615. The topological polar surface area (TPSA) is 89.3 Å². The van der Waals surface area contributed by atoms with E-state index in [0.29, 0.717) is 12.6 Å². The molecule has 1 unspecified atom stereocenters. The van der Waals surface area contributed by atoms with Crippen molar-refractivity contribution in [2.24, 2.45) is 5.92 Å². The predicted octanol–water partition coefficient (Wildman–Crippen LogP) is 1.77. The number of nitrogens with zero attached hydrogens (tertiary/aromatic N) is 1. The van der Waals surface area contributed by atoms with Crippen LogP contribution in [0.5, 0.6) is 0 Å². The highest BCUT2D eigenvalue weighted by Crippen LogP contribution is 2.24. The predicted molar refractivity (Wildman–Crippen MR) is 73.7 cm³/mol. The summed E-state index contributed by atoms with van der Waals surface area (Å²) in [4.78, 5) is 9.29. The molecule has 1 aromatic rings. The van der Waals surface area contributed by atoms with Gasteiger partial charge in [-0.15, -0.1) is 0 Å². The van der Waals surface area contributed by atoms with Gasteiger partial charge in [0.1, 0.15) is 0 Å². The zero-order valence-electron chi connectivity index (χ0n) is 10.4. The molecule has 1 aliphatic rings. The minimum Gasteiger partial charge on any atom is -0.258 e. The van der Waals surface area contributed by atoms with E-state index < -0.39 is 26.5 Å². The van der Waals surface area contributed by atoms with Gasteiger partial charge in [0.15, 0.2) is 0 Å². The monoisotopic (exact) mass is 320 g/mol. The van der Waals surface area contributed by atoms with Gasteiger partial charge in [-0.05, 0) is 29.9 Å². The van der Waals surface area contributed by atoms with Crippen LogP contribution in [-0.4, -0.2) is 31.4 Å². The summed E-state index contributed by atoms with van der Waals surface area (Å²) in [7, 11) is -3.83. The first-order chi connectivity index (χ1) is 9.40. The Labute approximate surface area is 120 Å². The van der Waals surface area contributed by atoms with Crippen LogP contribution >= 0.6 is 11.8 Å². The number of nitrogens with one attached hydrogen (secondary N) is 1. The summed E-state index contributed by atoms with van der Waals surface area (Å²) in [5.74, 6) is 1.03. The lowest BCUT2D eigenvalue weighted by Crippen LogP contribution is -2.29. The Morgan fingerprint density at radius 1 is 1.50 bits per heavy atom. The molecule has 0 bridgehead atoms. The van der Waals surface area contributed by atoms with Gasteiger partial charge < -0.3 is 0 Å². The van der Waals surface area contributed by atoms with Gasteiger partial charge in [-0.25, -0.2) is 13.1 Å². The number of sulfonamides is 1. The summed E-state index contributed by atoms with van der Waals surface area (Å²) in [5, 5.41) is 10.5. The van der Waals surface area contributed by atoms with Crippen LogP contribution in [0, 0.1) is 21.8 Å². The molecule has 1 N–H and O–H groups in total. The first-order valence-electron chi connectivity index (χ1n) is 5.91. The molecule has 0 aliphatic carbocycles. The van der Waals surface area contributed by atoms with Crippen molar-refractivity contribution in [1.82, 2.24) is 4.72 Å².